The van der Waals surface area contributed by atoms with E-state index in [9.17, 15) is 4.79 Å². The van der Waals surface area contributed by atoms with Gasteiger partial charge in [-0.2, -0.15) is 0 Å². The Hall–Kier alpha value is -1.55. The Morgan fingerprint density at radius 3 is 2.89 bits per heavy atom. The van der Waals surface area contributed by atoms with Crippen molar-refractivity contribution in [1.29, 1.82) is 0 Å². The van der Waals surface area contributed by atoms with Crippen molar-refractivity contribution < 1.29 is 13.6 Å². The van der Waals surface area contributed by atoms with E-state index in [-0.39, 0.29) is 12.7 Å². The molecule has 1 amide bonds. The van der Waals surface area contributed by atoms with E-state index in [0.717, 1.165) is 5.56 Å². The lowest BCUT2D eigenvalue weighted by Gasteiger charge is -2.19. The lowest BCUT2D eigenvalue weighted by atomic mass is 10.2. The second-order valence-electron chi connectivity index (χ2n) is 4.37. The van der Waals surface area contributed by atoms with Gasteiger partial charge in [-0.3, -0.25) is 0 Å². The van der Waals surface area contributed by atoms with Gasteiger partial charge in [0.2, 0.25) is 0 Å². The molecule has 4 heteroatoms. The molecule has 0 unspecified atom stereocenters. The molecule has 1 aliphatic rings. The summed E-state index contributed by atoms with van der Waals surface area (Å²) < 4.78 is 27.5. The van der Waals surface area contributed by atoms with Gasteiger partial charge in [-0.15, -0.1) is 0 Å². The highest BCUT2D eigenvalue weighted by molar-refractivity contribution is 5.67. The minimum Gasteiger partial charge on any atom is -0.445 e. The lowest BCUT2D eigenvalue weighted by Crippen LogP contribution is -2.34. The van der Waals surface area contributed by atoms with Crippen molar-refractivity contribution in [3.8, 4) is 0 Å². The number of ether oxygens (including phenoxy) is 1. The lowest BCUT2D eigenvalue weighted by molar-refractivity contribution is 0.0976. The van der Waals surface area contributed by atoms with Crippen LogP contribution < -0.4 is 0 Å². The first-order valence-corrected chi connectivity index (χ1v) is 6.17. The molecule has 1 fully saturated rings. The zero-order chi connectivity index (χ0) is 15.3. The van der Waals surface area contributed by atoms with Crippen molar-refractivity contribution in [3.63, 3.8) is 0 Å². The molecule has 0 N–H and O–H groups in total. The summed E-state index contributed by atoms with van der Waals surface area (Å²) in [4.78, 5) is 15.0. The van der Waals surface area contributed by atoms with Gasteiger partial charge in [-0.1, -0.05) is 30.3 Å². The maximum atomic E-state index is 12.0. The molecule has 0 spiro atoms. The summed E-state index contributed by atoms with van der Waals surface area (Å²) >= 11 is 0. The number of rotatable bonds is 2. The zero-order valence-electron chi connectivity index (χ0n) is 13.3. The topological polar surface area (TPSA) is 32.8 Å². The van der Waals surface area contributed by atoms with Gasteiger partial charge in [0.05, 0.1) is 0 Å². The Morgan fingerprint density at radius 1 is 1.28 bits per heavy atom. The van der Waals surface area contributed by atoms with Crippen LogP contribution in [0.2, 0.25) is 0 Å². The molecule has 0 aliphatic carbocycles. The fourth-order valence-electron chi connectivity index (χ4n) is 1.91. The normalized spacial score (nSPS) is 20.4. The molecule has 1 saturated heterocycles. The second-order valence-corrected chi connectivity index (χ2v) is 4.37. The highest BCUT2D eigenvalue weighted by Crippen LogP contribution is 2.06. The SMILES string of the molecule is [2H]C([2H])([2H])N1CCCN(C(=O)OCc2ccccc2)CC1. The molecule has 1 aromatic rings. The van der Waals surface area contributed by atoms with E-state index >= 15 is 0 Å². The van der Waals surface area contributed by atoms with E-state index in [0.29, 0.717) is 32.6 Å². The molecular weight excluding hydrogens is 228 g/mol. The molecule has 0 radical (unpaired) electrons. The molecule has 98 valence electrons. The predicted molar refractivity (Wildman–Crippen MR) is 70.3 cm³/mol. The number of carbonyl (C=O) groups excluding carboxylic acids is 1. The first kappa shape index (κ1) is 9.39. The van der Waals surface area contributed by atoms with Gasteiger partial charge < -0.3 is 14.5 Å². The molecule has 0 atom stereocenters. The van der Waals surface area contributed by atoms with Crippen molar-refractivity contribution in [1.82, 2.24) is 9.80 Å². The van der Waals surface area contributed by atoms with Gasteiger partial charge in [-0.25, -0.2) is 4.79 Å². The van der Waals surface area contributed by atoms with E-state index in [1.54, 1.807) is 4.90 Å². The summed E-state index contributed by atoms with van der Waals surface area (Å²) in [5.41, 5.74) is 0.935. The third-order valence-electron chi connectivity index (χ3n) is 2.96. The first-order valence-electron chi connectivity index (χ1n) is 7.67. The molecule has 1 aliphatic heterocycles. The Kier molecular flexibility index (Phi) is 3.34. The largest absolute Gasteiger partial charge is 0.445 e. The minimum absolute atomic E-state index is 0.235. The smallest absolute Gasteiger partial charge is 0.410 e. The fraction of sp³-hybridized carbons (Fsp3) is 0.500. The molecule has 0 saturated carbocycles. The van der Waals surface area contributed by atoms with E-state index in [4.69, 9.17) is 8.85 Å². The summed E-state index contributed by atoms with van der Waals surface area (Å²) in [6, 6.07) is 9.48. The molecule has 1 heterocycles. The Morgan fingerprint density at radius 2 is 2.11 bits per heavy atom. The molecule has 18 heavy (non-hydrogen) atoms. The number of likely N-dealkylation sites (N-methyl/N-ethyl adjacent to an activating group) is 1. The number of nitrogens with zero attached hydrogens (tertiary/aromatic N) is 2. The van der Waals surface area contributed by atoms with Crippen LogP contribution in [0.25, 0.3) is 0 Å². The molecule has 2 rings (SSSR count). The van der Waals surface area contributed by atoms with Crippen LogP contribution >= 0.6 is 0 Å². The van der Waals surface area contributed by atoms with Crippen LogP contribution in [-0.2, 0) is 11.3 Å². The maximum Gasteiger partial charge on any atom is 0.410 e. The summed E-state index contributed by atoms with van der Waals surface area (Å²) in [5.74, 6) is 0. The van der Waals surface area contributed by atoms with Crippen molar-refractivity contribution >= 4 is 6.09 Å². The zero-order valence-corrected chi connectivity index (χ0v) is 10.3. The average molecular weight is 251 g/mol. The molecule has 1 aromatic carbocycles. The number of hydrogen-bond donors (Lipinski definition) is 0. The highest BCUT2D eigenvalue weighted by Gasteiger charge is 2.18. The molecule has 0 bridgehead atoms. The van der Waals surface area contributed by atoms with E-state index in [2.05, 4.69) is 0 Å². The van der Waals surface area contributed by atoms with Crippen molar-refractivity contribution in [2.75, 3.05) is 33.2 Å². The van der Waals surface area contributed by atoms with Crippen molar-refractivity contribution in [2.24, 2.45) is 0 Å². The van der Waals surface area contributed by atoms with Gasteiger partial charge in [0, 0.05) is 23.7 Å². The van der Waals surface area contributed by atoms with Crippen LogP contribution in [0.3, 0.4) is 0 Å². The van der Waals surface area contributed by atoms with Crippen molar-refractivity contribution in [3.05, 3.63) is 35.9 Å². The van der Waals surface area contributed by atoms with Crippen LogP contribution in [-0.4, -0.2) is 49.0 Å². The van der Waals surface area contributed by atoms with Gasteiger partial charge in [0.1, 0.15) is 6.61 Å². The molecule has 4 nitrogen and oxygen atoms in total. The first-order chi connectivity index (χ1) is 9.97. The van der Waals surface area contributed by atoms with Crippen LogP contribution in [0.4, 0.5) is 4.79 Å². The Balaban J connectivity index is 1.83. The number of carbonyl (C=O) groups is 1. The van der Waals surface area contributed by atoms with Crippen molar-refractivity contribution in [2.45, 2.75) is 13.0 Å². The third kappa shape index (κ3) is 3.74. The molecule has 0 aromatic heterocycles. The predicted octanol–water partition coefficient (Wildman–Crippen LogP) is 1.96. The average Bonchev–Trinajstić information content (AvgIpc) is 2.71. The summed E-state index contributed by atoms with van der Waals surface area (Å²) in [6.45, 7) is -0.134. The van der Waals surface area contributed by atoms with Crippen LogP contribution in [0, 0.1) is 0 Å². The number of benzene rings is 1. The van der Waals surface area contributed by atoms with E-state index in [1.807, 2.05) is 30.3 Å². The highest BCUT2D eigenvalue weighted by atomic mass is 16.6. The van der Waals surface area contributed by atoms with Crippen LogP contribution in [0.1, 0.15) is 16.1 Å². The standard InChI is InChI=1S/C14H20N2O2/c1-15-8-5-9-16(11-10-15)14(17)18-12-13-6-3-2-4-7-13/h2-4,6-7H,5,8-12H2,1H3/i1D3. The summed E-state index contributed by atoms with van der Waals surface area (Å²) in [5, 5.41) is 0. The monoisotopic (exact) mass is 251 g/mol. The quantitative estimate of drug-likeness (QED) is 0.805. The summed E-state index contributed by atoms with van der Waals surface area (Å²) in [6.07, 6.45) is 0.255. The van der Waals surface area contributed by atoms with E-state index < -0.39 is 6.98 Å². The molecular formula is C14H20N2O2. The maximum absolute atomic E-state index is 12.0. The second kappa shape index (κ2) is 6.40. The van der Waals surface area contributed by atoms with Crippen LogP contribution in [0.5, 0.6) is 0 Å². The number of amides is 1. The van der Waals surface area contributed by atoms with Gasteiger partial charge >= 0.3 is 6.09 Å². The minimum atomic E-state index is -2.09. The van der Waals surface area contributed by atoms with Gasteiger partial charge in [0.25, 0.3) is 0 Å². The van der Waals surface area contributed by atoms with Crippen LogP contribution in [0.15, 0.2) is 30.3 Å². The number of hydrogen-bond acceptors (Lipinski definition) is 3. The van der Waals surface area contributed by atoms with E-state index in [1.165, 1.54) is 4.90 Å². The third-order valence-corrected chi connectivity index (χ3v) is 2.96. The summed E-state index contributed by atoms with van der Waals surface area (Å²) in [7, 11) is 0. The Labute approximate surface area is 112 Å². The fourth-order valence-corrected chi connectivity index (χ4v) is 1.91. The van der Waals surface area contributed by atoms with Gasteiger partial charge in [0.15, 0.2) is 0 Å². The van der Waals surface area contributed by atoms with Gasteiger partial charge in [-0.05, 0) is 25.5 Å². The Bertz CT molecular complexity index is 465.